The molecule has 5 nitrogen and oxygen atoms in total. The van der Waals surface area contributed by atoms with Crippen molar-refractivity contribution in [3.05, 3.63) is 28.7 Å². The fourth-order valence-corrected chi connectivity index (χ4v) is 4.15. The summed E-state index contributed by atoms with van der Waals surface area (Å²) in [5, 5.41) is 12.9. The van der Waals surface area contributed by atoms with Crippen molar-refractivity contribution in [3.63, 3.8) is 0 Å². The van der Waals surface area contributed by atoms with E-state index in [0.29, 0.717) is 18.7 Å². The van der Waals surface area contributed by atoms with E-state index in [4.69, 9.17) is 4.74 Å². The molecule has 7 heteroatoms. The highest BCUT2D eigenvalue weighted by Crippen LogP contribution is 2.17. The molecule has 0 aliphatic carbocycles. The van der Waals surface area contributed by atoms with Crippen LogP contribution in [-0.4, -0.2) is 50.3 Å². The Labute approximate surface area is 127 Å². The van der Waals surface area contributed by atoms with Gasteiger partial charge in [0.15, 0.2) is 9.84 Å². The monoisotopic (exact) mass is 363 g/mol. The second-order valence-corrected chi connectivity index (χ2v) is 8.07. The van der Waals surface area contributed by atoms with Gasteiger partial charge in [-0.25, -0.2) is 8.42 Å². The Morgan fingerprint density at radius 1 is 1.50 bits per heavy atom. The van der Waals surface area contributed by atoms with Crippen LogP contribution in [0.5, 0.6) is 5.75 Å². The highest BCUT2D eigenvalue weighted by molar-refractivity contribution is 9.10. The van der Waals surface area contributed by atoms with E-state index in [1.807, 2.05) is 24.3 Å². The summed E-state index contributed by atoms with van der Waals surface area (Å²) in [4.78, 5) is 0. The maximum Gasteiger partial charge on any atom is 0.151 e. The van der Waals surface area contributed by atoms with Gasteiger partial charge in [0.2, 0.25) is 0 Å². The zero-order valence-electron chi connectivity index (χ0n) is 11.0. The Kier molecular flexibility index (Phi) is 5.42. The van der Waals surface area contributed by atoms with E-state index in [9.17, 15) is 13.5 Å². The molecule has 1 aliphatic heterocycles. The van der Waals surface area contributed by atoms with Gasteiger partial charge in [-0.05, 0) is 24.6 Å². The fraction of sp³-hybridized carbons (Fsp3) is 0.538. The molecule has 0 bridgehead atoms. The molecule has 0 radical (unpaired) electrons. The van der Waals surface area contributed by atoms with Crippen LogP contribution < -0.4 is 10.1 Å². The summed E-state index contributed by atoms with van der Waals surface area (Å²) in [5.74, 6) is 1.07. The zero-order chi connectivity index (χ0) is 14.6. The largest absolute Gasteiger partial charge is 0.491 e. The first-order valence-corrected chi connectivity index (χ1v) is 9.06. The van der Waals surface area contributed by atoms with Crippen LogP contribution in [0.1, 0.15) is 6.42 Å². The van der Waals surface area contributed by atoms with E-state index >= 15 is 0 Å². The molecule has 1 aromatic rings. The number of benzene rings is 1. The Balaban J connectivity index is 1.69. The average molecular weight is 364 g/mol. The van der Waals surface area contributed by atoms with Gasteiger partial charge in [-0.3, -0.25) is 0 Å². The van der Waals surface area contributed by atoms with Gasteiger partial charge < -0.3 is 15.2 Å². The molecular formula is C13H18BrNO4S. The Hall–Kier alpha value is -0.630. The number of sulfone groups is 1. The molecule has 1 aliphatic rings. The lowest BCUT2D eigenvalue weighted by molar-refractivity contribution is 0.104. The minimum atomic E-state index is -2.88. The van der Waals surface area contributed by atoms with E-state index in [0.717, 1.165) is 4.47 Å². The molecule has 1 saturated heterocycles. The molecule has 1 heterocycles. The first-order valence-electron chi connectivity index (χ1n) is 6.45. The van der Waals surface area contributed by atoms with Gasteiger partial charge in [-0.1, -0.05) is 22.0 Å². The SMILES string of the molecule is O=S1(=O)CCC(NCC(O)COc2cccc(Br)c2)C1. The third-order valence-corrected chi connectivity index (χ3v) is 5.37. The number of nitrogens with one attached hydrogen (secondary N) is 1. The summed E-state index contributed by atoms with van der Waals surface area (Å²) >= 11 is 3.34. The normalized spacial score (nSPS) is 22.6. The van der Waals surface area contributed by atoms with Crippen LogP contribution in [0.25, 0.3) is 0 Å². The number of aliphatic hydroxyl groups is 1. The van der Waals surface area contributed by atoms with Crippen molar-refractivity contribution >= 4 is 25.8 Å². The van der Waals surface area contributed by atoms with Gasteiger partial charge in [-0.2, -0.15) is 0 Å². The highest BCUT2D eigenvalue weighted by Gasteiger charge is 2.27. The predicted molar refractivity (Wildman–Crippen MR) is 80.7 cm³/mol. The summed E-state index contributed by atoms with van der Waals surface area (Å²) in [6, 6.07) is 7.33. The molecule has 2 unspecified atom stereocenters. The Morgan fingerprint density at radius 2 is 2.30 bits per heavy atom. The fourth-order valence-electron chi connectivity index (χ4n) is 2.07. The van der Waals surface area contributed by atoms with Gasteiger partial charge in [0, 0.05) is 17.1 Å². The lowest BCUT2D eigenvalue weighted by atomic mass is 10.2. The van der Waals surface area contributed by atoms with E-state index in [1.165, 1.54) is 0 Å². The van der Waals surface area contributed by atoms with Crippen LogP contribution in [0.4, 0.5) is 0 Å². The first kappa shape index (κ1) is 15.8. The van der Waals surface area contributed by atoms with Crippen molar-refractivity contribution < 1.29 is 18.3 Å². The molecule has 1 fully saturated rings. The van der Waals surface area contributed by atoms with Crippen LogP contribution in [0.15, 0.2) is 28.7 Å². The van der Waals surface area contributed by atoms with Gasteiger partial charge in [0.1, 0.15) is 18.5 Å². The Bertz CT molecular complexity index is 549. The van der Waals surface area contributed by atoms with E-state index < -0.39 is 15.9 Å². The number of hydrogen-bond donors (Lipinski definition) is 2. The van der Waals surface area contributed by atoms with Gasteiger partial charge in [-0.15, -0.1) is 0 Å². The minimum absolute atomic E-state index is 0.0551. The molecule has 2 atom stereocenters. The maximum absolute atomic E-state index is 11.3. The summed E-state index contributed by atoms with van der Waals surface area (Å²) in [6.45, 7) is 0.497. The van der Waals surface area contributed by atoms with Crippen molar-refractivity contribution in [2.24, 2.45) is 0 Å². The summed E-state index contributed by atoms with van der Waals surface area (Å²) in [6.07, 6.45) is -0.0565. The number of halogens is 1. The number of rotatable bonds is 6. The Morgan fingerprint density at radius 3 is 2.95 bits per heavy atom. The van der Waals surface area contributed by atoms with Crippen molar-refractivity contribution in [1.29, 1.82) is 0 Å². The summed E-state index contributed by atoms with van der Waals surface area (Å²) < 4.78 is 29.0. The highest BCUT2D eigenvalue weighted by atomic mass is 79.9. The zero-order valence-corrected chi connectivity index (χ0v) is 13.4. The second-order valence-electron chi connectivity index (χ2n) is 4.93. The number of hydrogen-bond acceptors (Lipinski definition) is 5. The molecule has 112 valence electrons. The van der Waals surface area contributed by atoms with E-state index in [2.05, 4.69) is 21.2 Å². The maximum atomic E-state index is 11.3. The number of ether oxygens (including phenoxy) is 1. The van der Waals surface area contributed by atoms with Crippen molar-refractivity contribution in [2.45, 2.75) is 18.6 Å². The predicted octanol–water partition coefficient (Wildman–Crippen LogP) is 0.966. The van der Waals surface area contributed by atoms with Gasteiger partial charge in [0.05, 0.1) is 11.5 Å². The second kappa shape index (κ2) is 6.89. The quantitative estimate of drug-likeness (QED) is 0.787. The van der Waals surface area contributed by atoms with E-state index in [1.54, 1.807) is 0 Å². The molecule has 2 N–H and O–H groups in total. The summed E-state index contributed by atoms with van der Waals surface area (Å²) in [5.41, 5.74) is 0. The summed E-state index contributed by atoms with van der Waals surface area (Å²) in [7, 11) is -2.88. The molecule has 1 aromatic carbocycles. The minimum Gasteiger partial charge on any atom is -0.491 e. The molecule has 0 spiro atoms. The van der Waals surface area contributed by atoms with E-state index in [-0.39, 0.29) is 24.2 Å². The van der Waals surface area contributed by atoms with Crippen LogP contribution in [0, 0.1) is 0 Å². The third kappa shape index (κ3) is 5.05. The van der Waals surface area contributed by atoms with Crippen LogP contribution in [0.3, 0.4) is 0 Å². The third-order valence-electron chi connectivity index (χ3n) is 3.11. The molecular weight excluding hydrogens is 346 g/mol. The lowest BCUT2D eigenvalue weighted by Gasteiger charge is -2.16. The molecule has 20 heavy (non-hydrogen) atoms. The van der Waals surface area contributed by atoms with Crippen molar-refractivity contribution in [3.8, 4) is 5.75 Å². The molecule has 2 rings (SSSR count). The standard InChI is InChI=1S/C13H18BrNO4S/c14-10-2-1-3-13(6-10)19-8-12(16)7-15-11-4-5-20(17,18)9-11/h1-3,6,11-12,15-16H,4-5,7-9H2. The topological polar surface area (TPSA) is 75.6 Å². The van der Waals surface area contributed by atoms with Gasteiger partial charge in [0.25, 0.3) is 0 Å². The molecule has 0 amide bonds. The van der Waals surface area contributed by atoms with Crippen molar-refractivity contribution in [1.82, 2.24) is 5.32 Å². The van der Waals surface area contributed by atoms with Crippen molar-refractivity contribution in [2.75, 3.05) is 24.7 Å². The number of aliphatic hydroxyl groups excluding tert-OH is 1. The smallest absolute Gasteiger partial charge is 0.151 e. The van der Waals surface area contributed by atoms with Crippen LogP contribution >= 0.6 is 15.9 Å². The van der Waals surface area contributed by atoms with Gasteiger partial charge >= 0.3 is 0 Å². The lowest BCUT2D eigenvalue weighted by Crippen LogP contribution is -2.38. The average Bonchev–Trinajstić information content (AvgIpc) is 2.74. The molecule has 0 saturated carbocycles. The molecule has 0 aromatic heterocycles. The van der Waals surface area contributed by atoms with Crippen LogP contribution in [-0.2, 0) is 9.84 Å². The van der Waals surface area contributed by atoms with Crippen LogP contribution in [0.2, 0.25) is 0 Å². The first-order chi connectivity index (χ1) is 9.44.